The first-order chi connectivity index (χ1) is 12.6. The Hall–Kier alpha value is -2.47. The van der Waals surface area contributed by atoms with Crippen molar-refractivity contribution in [1.82, 2.24) is 9.88 Å². The van der Waals surface area contributed by atoms with Crippen LogP contribution in [-0.2, 0) is 0 Å². The minimum atomic E-state index is 0.0580. The van der Waals surface area contributed by atoms with Crippen LogP contribution in [0.15, 0.2) is 42.6 Å². The summed E-state index contributed by atoms with van der Waals surface area (Å²) in [5.41, 5.74) is 1.81. The zero-order chi connectivity index (χ0) is 18.1. The molecule has 0 spiro atoms. The fourth-order valence-electron chi connectivity index (χ4n) is 3.67. The molecule has 0 unspecified atom stereocenters. The summed E-state index contributed by atoms with van der Waals surface area (Å²) in [5, 5.41) is 3.98. The third kappa shape index (κ3) is 3.17. The molecule has 0 saturated carbocycles. The molecule has 0 bridgehead atoms. The van der Waals surface area contributed by atoms with E-state index in [0.29, 0.717) is 24.7 Å². The molecule has 1 aromatic carbocycles. The third-order valence-corrected chi connectivity index (χ3v) is 5.21. The van der Waals surface area contributed by atoms with E-state index in [4.69, 9.17) is 11.6 Å². The number of hydrogen-bond acceptors (Lipinski definition) is 4. The molecule has 2 aliphatic heterocycles. The molecule has 1 atom stereocenters. The number of piperazine rings is 1. The molecule has 1 saturated heterocycles. The molecule has 0 radical (unpaired) electrons. The summed E-state index contributed by atoms with van der Waals surface area (Å²) in [6.07, 6.45) is 1.81. The number of halogens is 1. The molecule has 26 heavy (non-hydrogen) atoms. The smallest absolute Gasteiger partial charge is 0.324 e. The number of benzene rings is 1. The average Bonchev–Trinajstić information content (AvgIpc) is 2.67. The van der Waals surface area contributed by atoms with Gasteiger partial charge in [-0.1, -0.05) is 17.7 Å². The predicted molar refractivity (Wildman–Crippen MR) is 105 cm³/mol. The van der Waals surface area contributed by atoms with Crippen LogP contribution in [0.1, 0.15) is 6.92 Å². The van der Waals surface area contributed by atoms with Crippen molar-refractivity contribution in [1.29, 1.82) is 0 Å². The second kappa shape index (κ2) is 7.03. The van der Waals surface area contributed by atoms with Gasteiger partial charge in [0.25, 0.3) is 0 Å². The monoisotopic (exact) mass is 371 g/mol. The van der Waals surface area contributed by atoms with Crippen LogP contribution in [0.4, 0.5) is 22.0 Å². The zero-order valence-corrected chi connectivity index (χ0v) is 15.5. The Bertz CT molecular complexity index is 800. The van der Waals surface area contributed by atoms with Crippen LogP contribution in [0.2, 0.25) is 5.02 Å². The molecule has 0 aliphatic carbocycles. The van der Waals surface area contributed by atoms with Crippen molar-refractivity contribution >= 4 is 34.8 Å². The molecule has 136 valence electrons. The Morgan fingerprint density at radius 2 is 2.12 bits per heavy atom. The molecule has 4 rings (SSSR count). The topological polar surface area (TPSA) is 51.7 Å². The van der Waals surface area contributed by atoms with Gasteiger partial charge in [0.15, 0.2) is 0 Å². The van der Waals surface area contributed by atoms with Gasteiger partial charge in [-0.05, 0) is 37.3 Å². The number of aromatic nitrogens is 1. The van der Waals surface area contributed by atoms with Gasteiger partial charge in [-0.15, -0.1) is 0 Å². The average molecular weight is 372 g/mol. The molecule has 1 N–H and O–H groups in total. The summed E-state index contributed by atoms with van der Waals surface area (Å²) >= 11 is 6.08. The lowest BCUT2D eigenvalue weighted by Gasteiger charge is -2.43. The number of pyridine rings is 1. The fourth-order valence-corrected chi connectivity index (χ4v) is 3.84. The molecule has 3 heterocycles. The minimum Gasteiger partial charge on any atom is -0.382 e. The molecule has 2 aliphatic rings. The van der Waals surface area contributed by atoms with Gasteiger partial charge in [-0.2, -0.15) is 0 Å². The number of anilines is 3. The van der Waals surface area contributed by atoms with Crippen molar-refractivity contribution in [2.75, 3.05) is 47.8 Å². The van der Waals surface area contributed by atoms with E-state index in [-0.39, 0.29) is 12.1 Å². The molecular formula is C19H22ClN5O. The molecule has 2 amide bonds. The first kappa shape index (κ1) is 17.0. The van der Waals surface area contributed by atoms with Crippen LogP contribution >= 0.6 is 11.6 Å². The van der Waals surface area contributed by atoms with Gasteiger partial charge in [-0.3, -0.25) is 4.90 Å². The van der Waals surface area contributed by atoms with Crippen molar-refractivity contribution in [2.24, 2.45) is 0 Å². The van der Waals surface area contributed by atoms with Crippen molar-refractivity contribution < 1.29 is 4.79 Å². The number of amides is 2. The Morgan fingerprint density at radius 1 is 1.23 bits per heavy atom. The maximum Gasteiger partial charge on any atom is 0.324 e. The standard InChI is InChI=1S/C19H22ClN5O/c1-14-13-23(10-11-24(14)18-4-2-3-7-22-18)19(26)25-9-8-21-16-12-15(20)5-6-17(16)25/h2-7,12,14,21H,8-11,13H2,1H3/t14-/m0/s1. The van der Waals surface area contributed by atoms with E-state index >= 15 is 0 Å². The van der Waals surface area contributed by atoms with E-state index in [1.54, 1.807) is 0 Å². The Morgan fingerprint density at radius 3 is 2.88 bits per heavy atom. The van der Waals surface area contributed by atoms with Crippen molar-refractivity contribution in [3.63, 3.8) is 0 Å². The number of rotatable bonds is 1. The quantitative estimate of drug-likeness (QED) is 0.835. The minimum absolute atomic E-state index is 0.0580. The van der Waals surface area contributed by atoms with E-state index in [2.05, 4.69) is 22.1 Å². The van der Waals surface area contributed by atoms with Crippen molar-refractivity contribution in [2.45, 2.75) is 13.0 Å². The Balaban J connectivity index is 1.49. The molecular weight excluding hydrogens is 350 g/mol. The van der Waals surface area contributed by atoms with Crippen LogP contribution < -0.4 is 15.1 Å². The first-order valence-corrected chi connectivity index (χ1v) is 9.29. The lowest BCUT2D eigenvalue weighted by molar-refractivity contribution is 0.193. The van der Waals surface area contributed by atoms with Gasteiger partial charge in [0.05, 0.1) is 11.4 Å². The maximum absolute atomic E-state index is 13.1. The molecule has 7 heteroatoms. The van der Waals surface area contributed by atoms with Crippen molar-refractivity contribution in [3.05, 3.63) is 47.6 Å². The number of nitrogens with one attached hydrogen (secondary N) is 1. The number of hydrogen-bond donors (Lipinski definition) is 1. The molecule has 1 fully saturated rings. The Kier molecular flexibility index (Phi) is 4.59. The molecule has 1 aromatic heterocycles. The third-order valence-electron chi connectivity index (χ3n) is 4.97. The fraction of sp³-hybridized carbons (Fsp3) is 0.368. The summed E-state index contributed by atoms with van der Waals surface area (Å²) in [4.78, 5) is 23.6. The van der Waals surface area contributed by atoms with Gasteiger partial charge >= 0.3 is 6.03 Å². The van der Waals surface area contributed by atoms with Crippen molar-refractivity contribution in [3.8, 4) is 0 Å². The molecule has 6 nitrogen and oxygen atoms in total. The largest absolute Gasteiger partial charge is 0.382 e. The summed E-state index contributed by atoms with van der Waals surface area (Å²) in [6, 6.07) is 11.8. The van der Waals surface area contributed by atoms with Gasteiger partial charge in [0.2, 0.25) is 0 Å². The number of fused-ring (bicyclic) bond motifs is 1. The number of urea groups is 1. The summed E-state index contributed by atoms with van der Waals surface area (Å²) in [7, 11) is 0. The summed E-state index contributed by atoms with van der Waals surface area (Å²) < 4.78 is 0. The van der Waals surface area contributed by atoms with Crippen LogP contribution in [0.3, 0.4) is 0 Å². The SMILES string of the molecule is C[C@H]1CN(C(=O)N2CCNc3cc(Cl)ccc32)CCN1c1ccccn1. The Labute approximate surface area is 158 Å². The predicted octanol–water partition coefficient (Wildman–Crippen LogP) is 3.30. The summed E-state index contributed by atoms with van der Waals surface area (Å²) in [5.74, 6) is 0.967. The van der Waals surface area contributed by atoms with Crippen LogP contribution in [0.25, 0.3) is 0 Å². The highest BCUT2D eigenvalue weighted by Crippen LogP contribution is 2.32. The van der Waals surface area contributed by atoms with E-state index in [1.165, 1.54) is 0 Å². The van der Waals surface area contributed by atoms with E-state index in [9.17, 15) is 4.79 Å². The second-order valence-corrected chi connectivity index (χ2v) is 7.14. The lowest BCUT2D eigenvalue weighted by Crippen LogP contribution is -2.57. The van der Waals surface area contributed by atoms with Gasteiger partial charge in [0, 0.05) is 50.0 Å². The highest BCUT2D eigenvalue weighted by atomic mass is 35.5. The molecule has 2 aromatic rings. The van der Waals surface area contributed by atoms with Gasteiger partial charge in [0.1, 0.15) is 5.82 Å². The van der Waals surface area contributed by atoms with Crippen LogP contribution in [0.5, 0.6) is 0 Å². The highest BCUT2D eigenvalue weighted by molar-refractivity contribution is 6.31. The number of carbonyl (C=O) groups excluding carboxylic acids is 1. The first-order valence-electron chi connectivity index (χ1n) is 8.91. The number of nitrogens with zero attached hydrogens (tertiary/aromatic N) is 4. The maximum atomic E-state index is 13.1. The van der Waals surface area contributed by atoms with Crippen LogP contribution in [0, 0.1) is 0 Å². The second-order valence-electron chi connectivity index (χ2n) is 6.70. The van der Waals surface area contributed by atoms with Crippen LogP contribution in [-0.4, -0.2) is 54.7 Å². The number of carbonyl (C=O) groups is 1. The normalized spacial score (nSPS) is 19.8. The lowest BCUT2D eigenvalue weighted by atomic mass is 10.1. The van der Waals surface area contributed by atoms with E-state index in [0.717, 1.165) is 30.3 Å². The summed E-state index contributed by atoms with van der Waals surface area (Å²) in [6.45, 7) is 5.67. The van der Waals surface area contributed by atoms with E-state index < -0.39 is 0 Å². The highest BCUT2D eigenvalue weighted by Gasteiger charge is 2.32. The van der Waals surface area contributed by atoms with Gasteiger partial charge in [-0.25, -0.2) is 9.78 Å². The van der Waals surface area contributed by atoms with E-state index in [1.807, 2.05) is 52.4 Å². The van der Waals surface area contributed by atoms with Gasteiger partial charge < -0.3 is 15.1 Å². The zero-order valence-electron chi connectivity index (χ0n) is 14.7.